The lowest BCUT2D eigenvalue weighted by Gasteiger charge is -2.21. The maximum absolute atomic E-state index is 13.5. The molecule has 1 aromatic heterocycles. The molecule has 3 aromatic rings. The molecule has 8 nitrogen and oxygen atoms in total. The van der Waals surface area contributed by atoms with E-state index in [-0.39, 0.29) is 17.7 Å². The molecule has 1 unspecified atom stereocenters. The highest BCUT2D eigenvalue weighted by molar-refractivity contribution is 6.31. The van der Waals surface area contributed by atoms with Gasteiger partial charge in [-0.05, 0) is 63.2 Å². The van der Waals surface area contributed by atoms with E-state index in [2.05, 4.69) is 11.4 Å². The summed E-state index contributed by atoms with van der Waals surface area (Å²) in [6.45, 7) is 4.40. The van der Waals surface area contributed by atoms with Gasteiger partial charge in [0.25, 0.3) is 5.56 Å². The van der Waals surface area contributed by atoms with E-state index in [0.29, 0.717) is 27.4 Å². The molecule has 198 valence electrons. The fourth-order valence-corrected chi connectivity index (χ4v) is 3.91. The van der Waals surface area contributed by atoms with Gasteiger partial charge in [-0.15, -0.1) is 0 Å². The largest absolute Gasteiger partial charge is 0.495 e. The standard InChI is InChI=1S/C28H27ClFN3O5/c1-28(2,3)38-27(36)17-6-9-20(10-7-17)32-26(35)23(11-12-30)33-16-24(37-4)22(14-25(33)34)21-13-19(29)8-5-18(21)15-31/h5-10,13-14,16,23H,11-12H2,1-4H3,(H,32,35). The molecule has 0 aliphatic heterocycles. The van der Waals surface area contributed by atoms with Crippen LogP contribution in [0.1, 0.15) is 49.2 Å². The van der Waals surface area contributed by atoms with Crippen molar-refractivity contribution >= 4 is 29.2 Å². The van der Waals surface area contributed by atoms with E-state index in [1.807, 2.05) is 0 Å². The number of rotatable bonds is 8. The minimum Gasteiger partial charge on any atom is -0.495 e. The number of amides is 1. The van der Waals surface area contributed by atoms with E-state index in [0.717, 1.165) is 4.57 Å². The van der Waals surface area contributed by atoms with Gasteiger partial charge in [-0.25, -0.2) is 4.79 Å². The molecule has 0 spiro atoms. The van der Waals surface area contributed by atoms with Crippen LogP contribution in [0.15, 0.2) is 59.5 Å². The first-order valence-electron chi connectivity index (χ1n) is 11.7. The minimum atomic E-state index is -1.20. The van der Waals surface area contributed by atoms with Crippen LogP contribution in [0, 0.1) is 11.3 Å². The summed E-state index contributed by atoms with van der Waals surface area (Å²) in [5.74, 6) is -0.949. The number of nitrogens with one attached hydrogen (secondary N) is 1. The summed E-state index contributed by atoms with van der Waals surface area (Å²) in [4.78, 5) is 38.5. The van der Waals surface area contributed by atoms with Crippen molar-refractivity contribution in [3.8, 4) is 22.9 Å². The van der Waals surface area contributed by atoms with Crippen molar-refractivity contribution in [1.29, 1.82) is 5.26 Å². The molecule has 1 heterocycles. The van der Waals surface area contributed by atoms with Crippen LogP contribution < -0.4 is 15.6 Å². The molecule has 0 bridgehead atoms. The van der Waals surface area contributed by atoms with Gasteiger partial charge in [0.15, 0.2) is 0 Å². The predicted molar refractivity (Wildman–Crippen MR) is 142 cm³/mol. The first kappa shape index (κ1) is 28.4. The van der Waals surface area contributed by atoms with Gasteiger partial charge in [0, 0.05) is 34.3 Å². The molecule has 10 heteroatoms. The second-order valence-corrected chi connectivity index (χ2v) is 9.80. The number of benzene rings is 2. The number of nitrogens with zero attached hydrogens (tertiary/aromatic N) is 2. The van der Waals surface area contributed by atoms with Gasteiger partial charge >= 0.3 is 5.97 Å². The number of carbonyl (C=O) groups is 2. The summed E-state index contributed by atoms with van der Waals surface area (Å²) < 4.78 is 25.3. The van der Waals surface area contributed by atoms with Crippen molar-refractivity contribution in [3.05, 3.63) is 81.2 Å². The third kappa shape index (κ3) is 6.78. The number of alkyl halides is 1. The Morgan fingerprint density at radius 3 is 2.39 bits per heavy atom. The zero-order valence-corrected chi connectivity index (χ0v) is 22.1. The molecule has 0 aliphatic rings. The molecule has 0 saturated carbocycles. The van der Waals surface area contributed by atoms with E-state index < -0.39 is 35.8 Å². The number of hydrogen-bond acceptors (Lipinski definition) is 6. The Bertz CT molecular complexity index is 1440. The Hall–Kier alpha value is -4.16. The molecule has 2 aromatic carbocycles. The second kappa shape index (κ2) is 11.9. The van der Waals surface area contributed by atoms with Gasteiger partial charge in [0.1, 0.15) is 17.4 Å². The topological polar surface area (TPSA) is 110 Å². The molecule has 1 atom stereocenters. The molecular weight excluding hydrogens is 513 g/mol. The lowest BCUT2D eigenvalue weighted by atomic mass is 10.00. The molecule has 3 rings (SSSR count). The van der Waals surface area contributed by atoms with E-state index >= 15 is 0 Å². The molecular formula is C28H27ClFN3O5. The summed E-state index contributed by atoms with van der Waals surface area (Å²) in [6.07, 6.45) is 1.04. The van der Waals surface area contributed by atoms with Crippen LogP contribution in [0.5, 0.6) is 5.75 Å². The van der Waals surface area contributed by atoms with Gasteiger partial charge in [-0.1, -0.05) is 11.6 Å². The van der Waals surface area contributed by atoms with Crippen LogP contribution in [0.3, 0.4) is 0 Å². The Kier molecular flexibility index (Phi) is 8.92. The number of anilines is 1. The third-order valence-electron chi connectivity index (χ3n) is 5.46. The van der Waals surface area contributed by atoms with Crippen molar-refractivity contribution in [1.82, 2.24) is 4.57 Å². The number of ether oxygens (including phenoxy) is 2. The number of pyridine rings is 1. The first-order valence-corrected chi connectivity index (χ1v) is 12.1. The first-order chi connectivity index (χ1) is 18.0. The molecule has 0 fully saturated rings. The van der Waals surface area contributed by atoms with Crippen LogP contribution in [-0.4, -0.2) is 35.8 Å². The third-order valence-corrected chi connectivity index (χ3v) is 5.70. The number of esters is 1. The number of nitriles is 1. The zero-order chi connectivity index (χ0) is 28.0. The Balaban J connectivity index is 1.92. The van der Waals surface area contributed by atoms with E-state index in [1.165, 1.54) is 55.8 Å². The maximum Gasteiger partial charge on any atom is 0.338 e. The molecule has 0 radical (unpaired) electrons. The number of aromatic nitrogens is 1. The van der Waals surface area contributed by atoms with Crippen molar-refractivity contribution in [2.75, 3.05) is 19.1 Å². The Morgan fingerprint density at radius 1 is 1.13 bits per heavy atom. The number of hydrogen-bond donors (Lipinski definition) is 1. The van der Waals surface area contributed by atoms with Crippen molar-refractivity contribution < 1.29 is 23.5 Å². The maximum atomic E-state index is 13.5. The van der Waals surface area contributed by atoms with Crippen molar-refractivity contribution in [2.45, 2.75) is 38.8 Å². The smallest absolute Gasteiger partial charge is 0.338 e. The van der Waals surface area contributed by atoms with Crippen LogP contribution >= 0.6 is 11.6 Å². The van der Waals surface area contributed by atoms with Gasteiger partial charge in [-0.2, -0.15) is 5.26 Å². The van der Waals surface area contributed by atoms with E-state index in [9.17, 15) is 24.0 Å². The molecule has 0 saturated heterocycles. The highest BCUT2D eigenvalue weighted by atomic mass is 35.5. The SMILES string of the molecule is COc1cn(C(CCF)C(=O)Nc2ccc(C(=O)OC(C)(C)C)cc2)c(=O)cc1-c1cc(Cl)ccc1C#N. The monoisotopic (exact) mass is 539 g/mol. The van der Waals surface area contributed by atoms with Gasteiger partial charge in [0.05, 0.1) is 37.2 Å². The summed E-state index contributed by atoms with van der Waals surface area (Å²) in [7, 11) is 1.38. The Morgan fingerprint density at radius 2 is 1.82 bits per heavy atom. The number of methoxy groups -OCH3 is 1. The fraction of sp³-hybridized carbons (Fsp3) is 0.286. The van der Waals surface area contributed by atoms with E-state index in [4.69, 9.17) is 21.1 Å². The summed E-state index contributed by atoms with van der Waals surface area (Å²) in [5, 5.41) is 12.5. The molecule has 1 N–H and O–H groups in total. The molecule has 38 heavy (non-hydrogen) atoms. The second-order valence-electron chi connectivity index (χ2n) is 9.36. The molecule has 0 aliphatic carbocycles. The van der Waals surface area contributed by atoms with Crippen LogP contribution in [0.4, 0.5) is 10.1 Å². The van der Waals surface area contributed by atoms with Crippen molar-refractivity contribution in [3.63, 3.8) is 0 Å². The normalized spacial score (nSPS) is 11.8. The molecule has 1 amide bonds. The Labute approximate surface area is 224 Å². The summed E-state index contributed by atoms with van der Waals surface area (Å²) in [5.41, 5.74) is 0.364. The summed E-state index contributed by atoms with van der Waals surface area (Å²) in [6, 6.07) is 12.7. The average Bonchev–Trinajstić information content (AvgIpc) is 2.86. The zero-order valence-electron chi connectivity index (χ0n) is 21.4. The lowest BCUT2D eigenvalue weighted by Crippen LogP contribution is -2.33. The van der Waals surface area contributed by atoms with E-state index in [1.54, 1.807) is 26.8 Å². The highest BCUT2D eigenvalue weighted by Gasteiger charge is 2.24. The predicted octanol–water partition coefficient (Wildman–Crippen LogP) is 5.54. The van der Waals surface area contributed by atoms with Crippen LogP contribution in [0.25, 0.3) is 11.1 Å². The van der Waals surface area contributed by atoms with Gasteiger partial charge in [-0.3, -0.25) is 18.5 Å². The van der Waals surface area contributed by atoms with Crippen LogP contribution in [-0.2, 0) is 9.53 Å². The number of halogens is 2. The number of carbonyl (C=O) groups excluding carboxylic acids is 2. The summed E-state index contributed by atoms with van der Waals surface area (Å²) >= 11 is 6.10. The van der Waals surface area contributed by atoms with Crippen molar-refractivity contribution in [2.24, 2.45) is 0 Å². The van der Waals surface area contributed by atoms with Gasteiger partial charge < -0.3 is 14.8 Å². The van der Waals surface area contributed by atoms with Crippen LogP contribution in [0.2, 0.25) is 5.02 Å². The fourth-order valence-electron chi connectivity index (χ4n) is 3.73. The lowest BCUT2D eigenvalue weighted by molar-refractivity contribution is -0.119. The minimum absolute atomic E-state index is 0.196. The quantitative estimate of drug-likeness (QED) is 0.376. The average molecular weight is 540 g/mol. The van der Waals surface area contributed by atoms with Gasteiger partial charge in [0.2, 0.25) is 5.91 Å². The highest BCUT2D eigenvalue weighted by Crippen LogP contribution is 2.33.